The Balaban J connectivity index is 1.89. The summed E-state index contributed by atoms with van der Waals surface area (Å²) in [6.07, 6.45) is 6.66. The Kier molecular flexibility index (Phi) is 2.85. The van der Waals surface area contributed by atoms with Gasteiger partial charge in [0.2, 0.25) is 0 Å². The summed E-state index contributed by atoms with van der Waals surface area (Å²) >= 11 is 0. The standard InChI is InChI=1S/C15H18N4/c1-11-8-13-14(9-12(11)2)19(10-17-13)6-4-15-16-5-7-18(15)3/h5,7-10H,4,6H2,1-3H3. The van der Waals surface area contributed by atoms with Gasteiger partial charge in [-0.3, -0.25) is 0 Å². The SMILES string of the molecule is Cc1cc2ncn(CCc3nccn3C)c2cc1C. The molecule has 2 aromatic heterocycles. The second-order valence-corrected chi connectivity index (χ2v) is 5.07. The molecule has 4 heteroatoms. The van der Waals surface area contributed by atoms with Gasteiger partial charge in [-0.05, 0) is 37.1 Å². The summed E-state index contributed by atoms with van der Waals surface area (Å²) in [5.41, 5.74) is 4.88. The molecule has 0 fully saturated rings. The minimum Gasteiger partial charge on any atom is -0.338 e. The van der Waals surface area contributed by atoms with E-state index in [-0.39, 0.29) is 0 Å². The van der Waals surface area contributed by atoms with E-state index in [0.29, 0.717) is 0 Å². The number of aromatic nitrogens is 4. The van der Waals surface area contributed by atoms with E-state index in [4.69, 9.17) is 0 Å². The van der Waals surface area contributed by atoms with E-state index in [1.54, 1.807) is 0 Å². The van der Waals surface area contributed by atoms with E-state index < -0.39 is 0 Å². The minimum atomic E-state index is 0.907. The third-order valence-corrected chi connectivity index (χ3v) is 3.73. The average molecular weight is 254 g/mol. The lowest BCUT2D eigenvalue weighted by molar-refractivity contribution is 0.663. The van der Waals surface area contributed by atoms with Gasteiger partial charge < -0.3 is 9.13 Å². The average Bonchev–Trinajstić information content (AvgIpc) is 2.95. The van der Waals surface area contributed by atoms with Crippen molar-refractivity contribution in [2.75, 3.05) is 0 Å². The molecule has 0 spiro atoms. The van der Waals surface area contributed by atoms with Crippen molar-refractivity contribution in [2.24, 2.45) is 7.05 Å². The molecular formula is C15H18N4. The number of benzene rings is 1. The largest absolute Gasteiger partial charge is 0.338 e. The van der Waals surface area contributed by atoms with Crippen molar-refractivity contribution in [3.63, 3.8) is 0 Å². The van der Waals surface area contributed by atoms with Crippen molar-refractivity contribution in [2.45, 2.75) is 26.8 Å². The minimum absolute atomic E-state index is 0.907. The molecule has 0 N–H and O–H groups in total. The Hall–Kier alpha value is -2.10. The summed E-state index contributed by atoms with van der Waals surface area (Å²) in [7, 11) is 2.03. The highest BCUT2D eigenvalue weighted by atomic mass is 15.1. The molecule has 98 valence electrons. The molecule has 2 heterocycles. The molecule has 0 bridgehead atoms. The first-order valence-electron chi connectivity index (χ1n) is 6.53. The van der Waals surface area contributed by atoms with Crippen LogP contribution in [0.5, 0.6) is 0 Å². The van der Waals surface area contributed by atoms with Gasteiger partial charge in [-0.2, -0.15) is 0 Å². The van der Waals surface area contributed by atoms with Gasteiger partial charge in [0.15, 0.2) is 0 Å². The van der Waals surface area contributed by atoms with Crippen LogP contribution in [0.2, 0.25) is 0 Å². The summed E-state index contributed by atoms with van der Waals surface area (Å²) in [5, 5.41) is 0. The highest BCUT2D eigenvalue weighted by molar-refractivity contribution is 5.77. The molecule has 0 aliphatic carbocycles. The van der Waals surface area contributed by atoms with Crippen molar-refractivity contribution in [1.82, 2.24) is 19.1 Å². The van der Waals surface area contributed by atoms with Crippen LogP contribution in [0.4, 0.5) is 0 Å². The normalized spacial score (nSPS) is 11.3. The second kappa shape index (κ2) is 4.53. The fraction of sp³-hybridized carbons (Fsp3) is 0.333. The number of imidazole rings is 2. The Bertz CT molecular complexity index is 721. The maximum atomic E-state index is 4.48. The van der Waals surface area contributed by atoms with Crippen LogP contribution in [0, 0.1) is 13.8 Å². The van der Waals surface area contributed by atoms with E-state index in [0.717, 1.165) is 24.3 Å². The zero-order chi connectivity index (χ0) is 13.4. The van der Waals surface area contributed by atoms with Crippen molar-refractivity contribution < 1.29 is 0 Å². The van der Waals surface area contributed by atoms with Gasteiger partial charge in [-0.25, -0.2) is 9.97 Å². The van der Waals surface area contributed by atoms with Gasteiger partial charge in [0.25, 0.3) is 0 Å². The molecule has 0 atom stereocenters. The number of aryl methyl sites for hydroxylation is 5. The zero-order valence-electron chi connectivity index (χ0n) is 11.6. The number of fused-ring (bicyclic) bond motifs is 1. The van der Waals surface area contributed by atoms with Gasteiger partial charge >= 0.3 is 0 Å². The first-order chi connectivity index (χ1) is 9.15. The molecule has 19 heavy (non-hydrogen) atoms. The fourth-order valence-corrected chi connectivity index (χ4v) is 2.35. The lowest BCUT2D eigenvalue weighted by Gasteiger charge is -2.06. The second-order valence-electron chi connectivity index (χ2n) is 5.07. The summed E-state index contributed by atoms with van der Waals surface area (Å²) < 4.78 is 4.27. The number of hydrogen-bond acceptors (Lipinski definition) is 2. The van der Waals surface area contributed by atoms with Crippen LogP contribution in [0.15, 0.2) is 30.9 Å². The van der Waals surface area contributed by atoms with Crippen LogP contribution in [0.3, 0.4) is 0 Å². The predicted molar refractivity (Wildman–Crippen MR) is 76.1 cm³/mol. The maximum absolute atomic E-state index is 4.48. The van der Waals surface area contributed by atoms with Crippen molar-refractivity contribution in [1.29, 1.82) is 0 Å². The number of nitrogens with zero attached hydrogens (tertiary/aromatic N) is 4. The zero-order valence-corrected chi connectivity index (χ0v) is 11.6. The van der Waals surface area contributed by atoms with Gasteiger partial charge in [-0.15, -0.1) is 0 Å². The molecule has 0 saturated heterocycles. The number of rotatable bonds is 3. The van der Waals surface area contributed by atoms with Crippen LogP contribution >= 0.6 is 0 Å². The molecule has 3 aromatic rings. The third-order valence-electron chi connectivity index (χ3n) is 3.73. The topological polar surface area (TPSA) is 35.6 Å². The van der Waals surface area contributed by atoms with Crippen molar-refractivity contribution >= 4 is 11.0 Å². The van der Waals surface area contributed by atoms with Crippen LogP contribution in [0.1, 0.15) is 17.0 Å². The monoisotopic (exact) mass is 254 g/mol. The first-order valence-corrected chi connectivity index (χ1v) is 6.53. The van der Waals surface area contributed by atoms with Crippen LogP contribution in [-0.2, 0) is 20.0 Å². The first kappa shape index (κ1) is 12.0. The van der Waals surface area contributed by atoms with E-state index in [9.17, 15) is 0 Å². The lowest BCUT2D eigenvalue weighted by Crippen LogP contribution is -2.04. The fourth-order valence-electron chi connectivity index (χ4n) is 2.35. The third kappa shape index (κ3) is 2.14. The molecule has 0 aliphatic rings. The quantitative estimate of drug-likeness (QED) is 0.720. The molecule has 1 aromatic carbocycles. The van der Waals surface area contributed by atoms with Crippen molar-refractivity contribution in [3.05, 3.63) is 47.8 Å². The summed E-state index contributed by atoms with van der Waals surface area (Å²) in [6.45, 7) is 5.18. The molecule has 0 amide bonds. The van der Waals surface area contributed by atoms with Gasteiger partial charge in [0.1, 0.15) is 5.82 Å². The molecular weight excluding hydrogens is 236 g/mol. The van der Waals surface area contributed by atoms with Gasteiger partial charge in [0.05, 0.1) is 17.4 Å². The van der Waals surface area contributed by atoms with Crippen LogP contribution in [-0.4, -0.2) is 19.1 Å². The molecule has 4 nitrogen and oxygen atoms in total. The Labute approximate surface area is 112 Å². The molecule has 0 saturated carbocycles. The van der Waals surface area contributed by atoms with E-state index in [1.807, 2.05) is 25.8 Å². The summed E-state index contributed by atoms with van der Waals surface area (Å²) in [5.74, 6) is 1.10. The smallest absolute Gasteiger partial charge is 0.110 e. The Morgan fingerprint density at radius 2 is 1.89 bits per heavy atom. The van der Waals surface area contributed by atoms with Crippen LogP contribution < -0.4 is 0 Å². The molecule has 0 unspecified atom stereocenters. The highest BCUT2D eigenvalue weighted by Crippen LogP contribution is 2.18. The van der Waals surface area contributed by atoms with E-state index >= 15 is 0 Å². The Morgan fingerprint density at radius 3 is 2.63 bits per heavy atom. The number of hydrogen-bond donors (Lipinski definition) is 0. The van der Waals surface area contributed by atoms with E-state index in [2.05, 4.69) is 45.1 Å². The van der Waals surface area contributed by atoms with Gasteiger partial charge in [0, 0.05) is 32.4 Å². The molecule has 0 radical (unpaired) electrons. The maximum Gasteiger partial charge on any atom is 0.110 e. The van der Waals surface area contributed by atoms with Gasteiger partial charge in [-0.1, -0.05) is 0 Å². The Morgan fingerprint density at radius 1 is 1.11 bits per heavy atom. The lowest BCUT2D eigenvalue weighted by atomic mass is 10.1. The summed E-state index contributed by atoms with van der Waals surface area (Å²) in [6, 6.07) is 4.37. The van der Waals surface area contributed by atoms with E-state index in [1.165, 1.54) is 16.6 Å². The van der Waals surface area contributed by atoms with Crippen molar-refractivity contribution in [3.8, 4) is 0 Å². The molecule has 3 rings (SSSR count). The highest BCUT2D eigenvalue weighted by Gasteiger charge is 2.06. The predicted octanol–water partition coefficient (Wildman–Crippen LogP) is 2.63. The summed E-state index contributed by atoms with van der Waals surface area (Å²) in [4.78, 5) is 8.83. The molecule has 0 aliphatic heterocycles. The van der Waals surface area contributed by atoms with Crippen LogP contribution in [0.25, 0.3) is 11.0 Å².